The number of esters is 1. The van der Waals surface area contributed by atoms with Gasteiger partial charge in [-0.15, -0.1) is 0 Å². The Kier molecular flexibility index (Phi) is 6.07. The van der Waals surface area contributed by atoms with Gasteiger partial charge < -0.3 is 14.6 Å². The minimum Gasteiger partial charge on any atom is -0.503 e. The normalized spacial score (nSPS) is 10.8. The van der Waals surface area contributed by atoms with Crippen LogP contribution in [0.5, 0.6) is 11.5 Å². The molecule has 0 aliphatic heterocycles. The molecule has 1 N–H and O–H groups in total. The second-order valence-electron chi connectivity index (χ2n) is 3.67. The summed E-state index contributed by atoms with van der Waals surface area (Å²) in [5.74, 6) is -0.440. The highest BCUT2D eigenvalue weighted by Gasteiger charge is 2.12. The number of hydrogen-bond donors (Lipinski definition) is 1. The lowest BCUT2D eigenvalue weighted by molar-refractivity contribution is -0.137. The number of carbonyl (C=O) groups excluding carboxylic acids is 1. The molecule has 0 saturated carbocycles. The van der Waals surface area contributed by atoms with E-state index in [4.69, 9.17) is 14.7 Å². The lowest BCUT2D eigenvalue weighted by Gasteiger charge is -2.09. The summed E-state index contributed by atoms with van der Waals surface area (Å²) in [6.45, 7) is 4.03. The number of aromatic hydroxyl groups is 1. The van der Waals surface area contributed by atoms with Gasteiger partial charge in [-0.05, 0) is 53.5 Å². The summed E-state index contributed by atoms with van der Waals surface area (Å²) in [4.78, 5) is 11.5. The monoisotopic (exact) mass is 339 g/mol. The highest BCUT2D eigenvalue weighted by atomic mass is 79.9. The van der Waals surface area contributed by atoms with Crippen molar-refractivity contribution in [3.8, 4) is 17.6 Å². The molecule has 0 aromatic heterocycles. The first-order chi connectivity index (χ1) is 9.53. The standard InChI is InChI=1S/C14H14BrNO4/c1-3-19-12-7-9(6-11(15)13(12)17)5-10(8-16)14(18)20-4-2/h5-7,17H,3-4H2,1-2H3/b10-5-. The summed E-state index contributed by atoms with van der Waals surface area (Å²) < 4.78 is 10.5. The summed E-state index contributed by atoms with van der Waals surface area (Å²) in [7, 11) is 0. The molecular formula is C14H14BrNO4. The van der Waals surface area contributed by atoms with E-state index in [0.29, 0.717) is 16.6 Å². The van der Waals surface area contributed by atoms with E-state index in [1.807, 2.05) is 0 Å². The van der Waals surface area contributed by atoms with Gasteiger partial charge >= 0.3 is 5.97 Å². The van der Waals surface area contributed by atoms with Crippen LogP contribution in [-0.4, -0.2) is 24.3 Å². The van der Waals surface area contributed by atoms with Gasteiger partial charge in [0.05, 0.1) is 17.7 Å². The number of carbonyl (C=O) groups is 1. The van der Waals surface area contributed by atoms with Crippen molar-refractivity contribution in [3.63, 3.8) is 0 Å². The molecule has 0 saturated heterocycles. The molecule has 106 valence electrons. The Bertz CT molecular complexity index is 575. The predicted molar refractivity (Wildman–Crippen MR) is 77.2 cm³/mol. The van der Waals surface area contributed by atoms with Crippen LogP contribution in [0.1, 0.15) is 19.4 Å². The zero-order chi connectivity index (χ0) is 15.1. The molecule has 20 heavy (non-hydrogen) atoms. The lowest BCUT2D eigenvalue weighted by atomic mass is 10.1. The second-order valence-corrected chi connectivity index (χ2v) is 4.53. The average Bonchev–Trinajstić information content (AvgIpc) is 2.42. The van der Waals surface area contributed by atoms with E-state index in [9.17, 15) is 9.90 Å². The minimum absolute atomic E-state index is 0.0290. The van der Waals surface area contributed by atoms with E-state index >= 15 is 0 Å². The summed E-state index contributed by atoms with van der Waals surface area (Å²) in [5.41, 5.74) is 0.426. The number of phenolic OH excluding ortho intramolecular Hbond substituents is 1. The fraction of sp³-hybridized carbons (Fsp3) is 0.286. The number of halogens is 1. The predicted octanol–water partition coefficient (Wildman–Crippen LogP) is 3.02. The molecule has 0 atom stereocenters. The molecule has 0 fully saturated rings. The zero-order valence-corrected chi connectivity index (χ0v) is 12.7. The molecule has 5 nitrogen and oxygen atoms in total. The SMILES string of the molecule is CCOC(=O)/C(C#N)=C\c1cc(Br)c(O)c(OCC)c1. The van der Waals surface area contributed by atoms with Gasteiger partial charge in [-0.2, -0.15) is 5.26 Å². The highest BCUT2D eigenvalue weighted by molar-refractivity contribution is 9.10. The van der Waals surface area contributed by atoms with Crippen molar-refractivity contribution < 1.29 is 19.4 Å². The van der Waals surface area contributed by atoms with E-state index in [2.05, 4.69) is 15.9 Å². The maximum absolute atomic E-state index is 11.5. The van der Waals surface area contributed by atoms with Crippen LogP contribution in [0, 0.1) is 11.3 Å². The molecule has 1 aromatic rings. The number of hydrogen-bond acceptors (Lipinski definition) is 5. The smallest absolute Gasteiger partial charge is 0.348 e. The molecule has 0 radical (unpaired) electrons. The number of nitriles is 1. The van der Waals surface area contributed by atoms with E-state index < -0.39 is 5.97 Å². The van der Waals surface area contributed by atoms with Gasteiger partial charge in [-0.25, -0.2) is 4.79 Å². The van der Waals surface area contributed by atoms with Crippen molar-refractivity contribution in [2.45, 2.75) is 13.8 Å². The largest absolute Gasteiger partial charge is 0.503 e. The van der Waals surface area contributed by atoms with Crippen molar-refractivity contribution in [2.75, 3.05) is 13.2 Å². The van der Waals surface area contributed by atoms with Gasteiger partial charge in [0.25, 0.3) is 0 Å². The topological polar surface area (TPSA) is 79.6 Å². The van der Waals surface area contributed by atoms with Crippen LogP contribution in [-0.2, 0) is 9.53 Å². The Morgan fingerprint density at radius 2 is 2.15 bits per heavy atom. The quantitative estimate of drug-likeness (QED) is 0.506. The van der Waals surface area contributed by atoms with Crippen molar-refractivity contribution in [3.05, 3.63) is 27.7 Å². The van der Waals surface area contributed by atoms with Crippen molar-refractivity contribution in [1.29, 1.82) is 5.26 Å². The van der Waals surface area contributed by atoms with Gasteiger partial charge in [-0.1, -0.05) is 0 Å². The van der Waals surface area contributed by atoms with Crippen LogP contribution < -0.4 is 4.74 Å². The fourth-order valence-electron chi connectivity index (χ4n) is 1.45. The maximum Gasteiger partial charge on any atom is 0.348 e. The van der Waals surface area contributed by atoms with Crippen molar-refractivity contribution >= 4 is 28.0 Å². The number of ether oxygens (including phenoxy) is 2. The molecule has 0 unspecified atom stereocenters. The van der Waals surface area contributed by atoms with E-state index in [1.54, 1.807) is 32.0 Å². The third-order valence-corrected chi connectivity index (χ3v) is 2.88. The van der Waals surface area contributed by atoms with Gasteiger partial charge in [0, 0.05) is 0 Å². The van der Waals surface area contributed by atoms with E-state index in [0.717, 1.165) is 0 Å². The Labute approximate surface area is 125 Å². The molecule has 0 spiro atoms. The third-order valence-electron chi connectivity index (χ3n) is 2.28. The third kappa shape index (κ3) is 4.00. The number of rotatable bonds is 5. The molecule has 1 aromatic carbocycles. The number of phenols is 1. The zero-order valence-electron chi connectivity index (χ0n) is 11.1. The van der Waals surface area contributed by atoms with Crippen LogP contribution in [0.2, 0.25) is 0 Å². The van der Waals surface area contributed by atoms with E-state index in [-0.39, 0.29) is 23.7 Å². The van der Waals surface area contributed by atoms with Crippen LogP contribution in [0.4, 0.5) is 0 Å². The number of nitrogens with zero attached hydrogens (tertiary/aromatic N) is 1. The molecule has 0 amide bonds. The van der Waals surface area contributed by atoms with Crippen LogP contribution >= 0.6 is 15.9 Å². The molecule has 1 rings (SSSR count). The molecule has 0 bridgehead atoms. The maximum atomic E-state index is 11.5. The van der Waals surface area contributed by atoms with Crippen LogP contribution in [0.3, 0.4) is 0 Å². The first kappa shape index (κ1) is 16.1. The fourth-order valence-corrected chi connectivity index (χ4v) is 1.91. The summed E-state index contributed by atoms with van der Waals surface area (Å²) in [5, 5.41) is 18.8. The van der Waals surface area contributed by atoms with Crippen molar-refractivity contribution in [2.24, 2.45) is 0 Å². The molecule has 0 heterocycles. The van der Waals surface area contributed by atoms with Crippen LogP contribution in [0.15, 0.2) is 22.2 Å². The summed E-state index contributed by atoms with van der Waals surface area (Å²) in [6, 6.07) is 4.91. The highest BCUT2D eigenvalue weighted by Crippen LogP contribution is 2.36. The average molecular weight is 340 g/mol. The van der Waals surface area contributed by atoms with Gasteiger partial charge in [0.15, 0.2) is 11.5 Å². The number of benzene rings is 1. The first-order valence-corrected chi connectivity index (χ1v) is 6.77. The molecule has 6 heteroatoms. The molecule has 0 aliphatic rings. The Morgan fingerprint density at radius 1 is 1.45 bits per heavy atom. The molecule has 0 aliphatic carbocycles. The van der Waals surface area contributed by atoms with Crippen LogP contribution in [0.25, 0.3) is 6.08 Å². The Hall–Kier alpha value is -2.00. The summed E-state index contributed by atoms with van der Waals surface area (Å²) in [6.07, 6.45) is 1.38. The van der Waals surface area contributed by atoms with Gasteiger partial charge in [-0.3, -0.25) is 0 Å². The molecular weight excluding hydrogens is 326 g/mol. The van der Waals surface area contributed by atoms with Crippen molar-refractivity contribution in [1.82, 2.24) is 0 Å². The minimum atomic E-state index is -0.683. The second kappa shape index (κ2) is 7.56. The summed E-state index contributed by atoms with van der Waals surface area (Å²) >= 11 is 3.19. The van der Waals surface area contributed by atoms with E-state index in [1.165, 1.54) is 6.08 Å². The van der Waals surface area contributed by atoms with Gasteiger partial charge in [0.2, 0.25) is 0 Å². The Morgan fingerprint density at radius 3 is 2.70 bits per heavy atom. The van der Waals surface area contributed by atoms with Gasteiger partial charge in [0.1, 0.15) is 11.6 Å². The first-order valence-electron chi connectivity index (χ1n) is 5.97. The Balaban J connectivity index is 3.19. The lowest BCUT2D eigenvalue weighted by Crippen LogP contribution is -2.06.